The number of nitrogens with one attached hydrogen (secondary N) is 2. The third-order valence-electron chi connectivity index (χ3n) is 2.15. The van der Waals surface area contributed by atoms with Gasteiger partial charge in [-0.25, -0.2) is 4.98 Å². The summed E-state index contributed by atoms with van der Waals surface area (Å²) in [6.07, 6.45) is 1.40. The lowest BCUT2D eigenvalue weighted by atomic mass is 10.2. The van der Waals surface area contributed by atoms with Crippen LogP contribution in [0.15, 0.2) is 39.9 Å². The van der Waals surface area contributed by atoms with E-state index in [1.165, 1.54) is 6.33 Å². The Morgan fingerprint density at radius 3 is 3.06 bits per heavy atom. The summed E-state index contributed by atoms with van der Waals surface area (Å²) in [5.74, 6) is 0.606. The molecule has 0 fully saturated rings. The van der Waals surface area contributed by atoms with Gasteiger partial charge >= 0.3 is 0 Å². The highest BCUT2D eigenvalue weighted by atomic mass is 127. The molecule has 0 unspecified atom stereocenters. The molecular formula is C11H9BrIN3O. The molecule has 0 spiro atoms. The first-order valence-electron chi connectivity index (χ1n) is 4.88. The van der Waals surface area contributed by atoms with Crippen LogP contribution in [0.4, 0.5) is 5.82 Å². The summed E-state index contributed by atoms with van der Waals surface area (Å²) in [4.78, 5) is 18.0. The second-order valence-electron chi connectivity index (χ2n) is 3.38. The van der Waals surface area contributed by atoms with Gasteiger partial charge < -0.3 is 10.3 Å². The van der Waals surface area contributed by atoms with Gasteiger partial charge in [-0.05, 0) is 40.3 Å². The summed E-state index contributed by atoms with van der Waals surface area (Å²) in [5, 5.41) is 3.14. The molecule has 17 heavy (non-hydrogen) atoms. The highest BCUT2D eigenvalue weighted by Crippen LogP contribution is 2.14. The van der Waals surface area contributed by atoms with E-state index in [2.05, 4.69) is 31.2 Å². The van der Waals surface area contributed by atoms with Crippen LogP contribution in [-0.4, -0.2) is 9.97 Å². The molecule has 0 saturated heterocycles. The molecule has 0 bridgehead atoms. The minimum atomic E-state index is -0.127. The number of hydrogen-bond donors (Lipinski definition) is 2. The maximum absolute atomic E-state index is 11.4. The summed E-state index contributed by atoms with van der Waals surface area (Å²) < 4.78 is 1.60. The van der Waals surface area contributed by atoms with Crippen LogP contribution in [0.3, 0.4) is 0 Å². The van der Waals surface area contributed by atoms with Crippen molar-refractivity contribution in [3.8, 4) is 0 Å². The van der Waals surface area contributed by atoms with Crippen molar-refractivity contribution >= 4 is 44.3 Å². The van der Waals surface area contributed by atoms with E-state index in [9.17, 15) is 4.79 Å². The third-order valence-corrected chi connectivity index (χ3v) is 3.64. The highest BCUT2D eigenvalue weighted by molar-refractivity contribution is 14.1. The van der Waals surface area contributed by atoms with Crippen molar-refractivity contribution in [1.29, 1.82) is 0 Å². The summed E-state index contributed by atoms with van der Waals surface area (Å²) in [5.41, 5.74) is 0.995. The Morgan fingerprint density at radius 2 is 2.29 bits per heavy atom. The standard InChI is InChI=1S/C11H9BrIN3O/c12-8-3-1-2-7(4-8)5-14-10-9(13)11(17)16-6-15-10/h1-4,6H,5H2,(H2,14,15,16,17). The zero-order valence-electron chi connectivity index (χ0n) is 8.71. The molecule has 0 amide bonds. The highest BCUT2D eigenvalue weighted by Gasteiger charge is 2.04. The fourth-order valence-corrected chi connectivity index (χ4v) is 2.27. The molecule has 1 heterocycles. The van der Waals surface area contributed by atoms with Gasteiger partial charge in [0.25, 0.3) is 5.56 Å². The number of rotatable bonds is 3. The molecule has 6 heteroatoms. The first-order chi connectivity index (χ1) is 8.16. The molecule has 2 rings (SSSR count). The fraction of sp³-hybridized carbons (Fsp3) is 0.0909. The molecule has 2 aromatic rings. The van der Waals surface area contributed by atoms with Crippen LogP contribution in [0, 0.1) is 3.57 Å². The Morgan fingerprint density at radius 1 is 1.47 bits per heavy atom. The average molecular weight is 406 g/mol. The van der Waals surface area contributed by atoms with Crippen molar-refractivity contribution in [2.75, 3.05) is 5.32 Å². The largest absolute Gasteiger partial charge is 0.365 e. The van der Waals surface area contributed by atoms with Gasteiger partial charge in [0.15, 0.2) is 0 Å². The molecule has 1 aromatic carbocycles. The van der Waals surface area contributed by atoms with Crippen molar-refractivity contribution in [2.45, 2.75) is 6.54 Å². The van der Waals surface area contributed by atoms with E-state index in [4.69, 9.17) is 0 Å². The van der Waals surface area contributed by atoms with Crippen molar-refractivity contribution in [1.82, 2.24) is 9.97 Å². The molecule has 0 aliphatic heterocycles. The smallest absolute Gasteiger partial charge is 0.266 e. The maximum atomic E-state index is 11.4. The maximum Gasteiger partial charge on any atom is 0.266 e. The number of aromatic amines is 1. The van der Waals surface area contributed by atoms with Crippen LogP contribution >= 0.6 is 38.5 Å². The Balaban J connectivity index is 2.13. The summed E-state index contributed by atoms with van der Waals surface area (Å²) in [6.45, 7) is 0.631. The van der Waals surface area contributed by atoms with E-state index in [1.54, 1.807) is 0 Å². The van der Waals surface area contributed by atoms with Gasteiger partial charge in [-0.1, -0.05) is 28.1 Å². The van der Waals surface area contributed by atoms with Crippen LogP contribution in [0.1, 0.15) is 5.56 Å². The molecule has 0 aliphatic rings. The summed E-state index contributed by atoms with van der Waals surface area (Å²) >= 11 is 5.39. The van der Waals surface area contributed by atoms with Gasteiger partial charge in [-0.3, -0.25) is 4.79 Å². The molecule has 2 N–H and O–H groups in total. The number of halogens is 2. The summed E-state index contributed by atoms with van der Waals surface area (Å²) in [6, 6.07) is 7.97. The number of H-pyrrole nitrogens is 1. The Hall–Kier alpha value is -0.890. The zero-order chi connectivity index (χ0) is 12.3. The number of anilines is 1. The van der Waals surface area contributed by atoms with Crippen molar-refractivity contribution < 1.29 is 0 Å². The van der Waals surface area contributed by atoms with Crippen molar-refractivity contribution in [2.24, 2.45) is 0 Å². The minimum absolute atomic E-state index is 0.127. The topological polar surface area (TPSA) is 57.8 Å². The molecular weight excluding hydrogens is 397 g/mol. The number of aromatic nitrogens is 2. The molecule has 1 aromatic heterocycles. The molecule has 88 valence electrons. The van der Waals surface area contributed by atoms with Crippen molar-refractivity contribution in [3.05, 3.63) is 54.6 Å². The monoisotopic (exact) mass is 405 g/mol. The Bertz CT molecular complexity index is 585. The minimum Gasteiger partial charge on any atom is -0.365 e. The normalized spacial score (nSPS) is 10.2. The lowest BCUT2D eigenvalue weighted by Gasteiger charge is -2.06. The van der Waals surface area contributed by atoms with Crippen LogP contribution in [0.25, 0.3) is 0 Å². The number of benzene rings is 1. The van der Waals surface area contributed by atoms with E-state index < -0.39 is 0 Å². The van der Waals surface area contributed by atoms with Crippen LogP contribution < -0.4 is 10.9 Å². The Labute approximate surface area is 120 Å². The molecule has 0 saturated carbocycles. The first-order valence-corrected chi connectivity index (χ1v) is 6.75. The SMILES string of the molecule is O=c1[nH]cnc(NCc2cccc(Br)c2)c1I. The quantitative estimate of drug-likeness (QED) is 0.772. The van der Waals surface area contributed by atoms with Gasteiger partial charge in [-0.2, -0.15) is 0 Å². The molecule has 0 atom stereocenters. The Kier molecular flexibility index (Phi) is 4.16. The van der Waals surface area contributed by atoms with Crippen LogP contribution in [-0.2, 0) is 6.54 Å². The second kappa shape index (κ2) is 5.63. The van der Waals surface area contributed by atoms with Crippen LogP contribution in [0.5, 0.6) is 0 Å². The fourth-order valence-electron chi connectivity index (χ4n) is 1.34. The predicted molar refractivity (Wildman–Crippen MR) is 79.0 cm³/mol. The lowest BCUT2D eigenvalue weighted by molar-refractivity contribution is 1.04. The van der Waals surface area contributed by atoms with Gasteiger partial charge in [-0.15, -0.1) is 0 Å². The summed E-state index contributed by atoms with van der Waals surface area (Å²) in [7, 11) is 0. The van der Waals surface area contributed by atoms with Crippen molar-refractivity contribution in [3.63, 3.8) is 0 Å². The van der Waals surface area contributed by atoms with E-state index in [0.717, 1.165) is 10.0 Å². The van der Waals surface area contributed by atoms with E-state index >= 15 is 0 Å². The van der Waals surface area contributed by atoms with Gasteiger partial charge in [0.05, 0.1) is 6.33 Å². The molecule has 4 nitrogen and oxygen atoms in total. The first kappa shape index (κ1) is 12.6. The van der Waals surface area contributed by atoms with E-state index in [1.807, 2.05) is 46.9 Å². The van der Waals surface area contributed by atoms with Gasteiger partial charge in [0, 0.05) is 11.0 Å². The van der Waals surface area contributed by atoms with Gasteiger partial charge in [0.1, 0.15) is 9.39 Å². The van der Waals surface area contributed by atoms with E-state index in [-0.39, 0.29) is 5.56 Å². The lowest BCUT2D eigenvalue weighted by Crippen LogP contribution is -2.14. The van der Waals surface area contributed by atoms with Gasteiger partial charge in [0.2, 0.25) is 0 Å². The predicted octanol–water partition coefficient (Wildman–Crippen LogP) is 2.75. The van der Waals surface area contributed by atoms with E-state index in [0.29, 0.717) is 15.9 Å². The number of hydrogen-bond acceptors (Lipinski definition) is 3. The second-order valence-corrected chi connectivity index (χ2v) is 5.37. The van der Waals surface area contributed by atoms with Crippen LogP contribution in [0.2, 0.25) is 0 Å². The number of nitrogens with zero attached hydrogens (tertiary/aromatic N) is 1. The third kappa shape index (κ3) is 3.29. The zero-order valence-corrected chi connectivity index (χ0v) is 12.4. The molecule has 0 radical (unpaired) electrons. The average Bonchev–Trinajstić information content (AvgIpc) is 2.31. The molecule has 0 aliphatic carbocycles.